The molecule has 9 nitrogen and oxygen atoms in total. The van der Waals surface area contributed by atoms with Gasteiger partial charge < -0.3 is 10.1 Å². The Kier molecular flexibility index (Phi) is 8.46. The van der Waals surface area contributed by atoms with Gasteiger partial charge in [0.1, 0.15) is 12.3 Å². The number of nitrogens with zero attached hydrogens (tertiary/aromatic N) is 1. The van der Waals surface area contributed by atoms with Gasteiger partial charge in [0.2, 0.25) is 5.91 Å². The second kappa shape index (κ2) is 11.8. The number of carbonyl (C=O) groups excluding carboxylic acids is 1. The Labute approximate surface area is 234 Å². The monoisotopic (exact) mass is 579 g/mol. The van der Waals surface area contributed by atoms with E-state index in [1.54, 1.807) is 42.5 Å². The van der Waals surface area contributed by atoms with Gasteiger partial charge in [-0.1, -0.05) is 24.3 Å². The maximum absolute atomic E-state index is 13.5. The van der Waals surface area contributed by atoms with Crippen LogP contribution in [0.1, 0.15) is 11.1 Å². The van der Waals surface area contributed by atoms with Crippen molar-refractivity contribution in [3.05, 3.63) is 108 Å². The summed E-state index contributed by atoms with van der Waals surface area (Å²) in [5, 5.41) is 2.65. The molecule has 1 amide bonds. The highest BCUT2D eigenvalue weighted by molar-refractivity contribution is 7.93. The molecule has 0 saturated heterocycles. The van der Waals surface area contributed by atoms with Gasteiger partial charge in [-0.3, -0.25) is 13.8 Å². The Hall–Kier alpha value is -4.35. The summed E-state index contributed by atoms with van der Waals surface area (Å²) in [7, 11) is -6.48. The van der Waals surface area contributed by atoms with Gasteiger partial charge >= 0.3 is 0 Å². The van der Waals surface area contributed by atoms with Crippen molar-refractivity contribution < 1.29 is 26.4 Å². The van der Waals surface area contributed by atoms with Crippen molar-refractivity contribution in [2.75, 3.05) is 28.0 Å². The first-order valence-corrected chi connectivity index (χ1v) is 15.1. The van der Waals surface area contributed by atoms with Crippen LogP contribution in [0, 0.1) is 13.8 Å². The molecule has 40 heavy (non-hydrogen) atoms. The first kappa shape index (κ1) is 28.7. The molecular weight excluding hydrogens is 550 g/mol. The van der Waals surface area contributed by atoms with Crippen LogP contribution in [0.3, 0.4) is 0 Å². The highest BCUT2D eigenvalue weighted by atomic mass is 32.2. The molecule has 4 aromatic rings. The topological polar surface area (TPSA) is 122 Å². The van der Waals surface area contributed by atoms with E-state index in [1.165, 1.54) is 55.6 Å². The maximum atomic E-state index is 13.5. The van der Waals surface area contributed by atoms with E-state index >= 15 is 0 Å². The predicted molar refractivity (Wildman–Crippen MR) is 156 cm³/mol. The average molecular weight is 580 g/mol. The van der Waals surface area contributed by atoms with Gasteiger partial charge in [-0.25, -0.2) is 16.8 Å². The lowest BCUT2D eigenvalue weighted by atomic mass is 10.1. The quantitative estimate of drug-likeness (QED) is 0.274. The summed E-state index contributed by atoms with van der Waals surface area (Å²) in [4.78, 5) is 13.0. The van der Waals surface area contributed by atoms with E-state index in [9.17, 15) is 21.6 Å². The van der Waals surface area contributed by atoms with Crippen LogP contribution >= 0.6 is 0 Å². The Morgan fingerprint density at radius 3 is 1.95 bits per heavy atom. The fourth-order valence-electron chi connectivity index (χ4n) is 3.85. The fraction of sp³-hybridized carbons (Fsp3) is 0.138. The number of nitrogens with one attached hydrogen (secondary N) is 2. The van der Waals surface area contributed by atoms with Gasteiger partial charge in [-0.15, -0.1) is 0 Å². The summed E-state index contributed by atoms with van der Waals surface area (Å²) >= 11 is 0. The SMILES string of the molecule is COc1ccc(S(=O)(=O)N(CC(=O)Nc2ccc(S(=O)(=O)Nc3ccc(C)c(C)c3)cc2)c2ccccc2)cc1. The number of carbonyl (C=O) groups is 1. The van der Waals surface area contributed by atoms with Crippen molar-refractivity contribution in [3.8, 4) is 5.75 Å². The van der Waals surface area contributed by atoms with Crippen molar-refractivity contribution in [2.24, 2.45) is 0 Å². The number of amides is 1. The molecule has 0 spiro atoms. The third-order valence-corrected chi connectivity index (χ3v) is 9.37. The lowest BCUT2D eigenvalue weighted by Gasteiger charge is -2.24. The van der Waals surface area contributed by atoms with Crippen molar-refractivity contribution in [2.45, 2.75) is 23.6 Å². The number of rotatable bonds is 10. The third-order valence-electron chi connectivity index (χ3n) is 6.19. The highest BCUT2D eigenvalue weighted by Gasteiger charge is 2.27. The Morgan fingerprint density at radius 1 is 0.750 bits per heavy atom. The molecule has 0 aliphatic carbocycles. The predicted octanol–water partition coefficient (Wildman–Crippen LogP) is 4.95. The number of hydrogen-bond donors (Lipinski definition) is 2. The van der Waals surface area contributed by atoms with Crippen LogP contribution in [0.15, 0.2) is 107 Å². The Balaban J connectivity index is 1.51. The van der Waals surface area contributed by atoms with Crippen LogP contribution in [-0.2, 0) is 24.8 Å². The van der Waals surface area contributed by atoms with Crippen LogP contribution in [-0.4, -0.2) is 36.4 Å². The zero-order chi connectivity index (χ0) is 28.9. The normalized spacial score (nSPS) is 11.5. The number of para-hydroxylation sites is 1. The summed E-state index contributed by atoms with van der Waals surface area (Å²) in [5.41, 5.74) is 3.07. The molecule has 2 N–H and O–H groups in total. The van der Waals surface area contributed by atoms with Gasteiger partial charge in [-0.05, 0) is 97.8 Å². The van der Waals surface area contributed by atoms with E-state index in [-0.39, 0.29) is 9.79 Å². The Morgan fingerprint density at radius 2 is 1.35 bits per heavy atom. The minimum Gasteiger partial charge on any atom is -0.497 e. The molecule has 208 valence electrons. The standard InChI is InChI=1S/C29H29N3O6S2/c1-21-9-10-24(19-22(21)2)31-39(34,35)27-15-11-23(12-16-27)30-29(33)20-32(25-7-5-4-6-8-25)40(36,37)28-17-13-26(38-3)14-18-28/h4-19,31H,20H2,1-3H3,(H,30,33). The van der Waals surface area contributed by atoms with Gasteiger partial charge in [0.25, 0.3) is 20.0 Å². The van der Waals surface area contributed by atoms with Crippen molar-refractivity contribution in [1.29, 1.82) is 0 Å². The van der Waals surface area contributed by atoms with E-state index in [0.29, 0.717) is 22.8 Å². The number of sulfonamides is 2. The van der Waals surface area contributed by atoms with Crippen molar-refractivity contribution in [1.82, 2.24) is 0 Å². The van der Waals surface area contributed by atoms with Gasteiger partial charge in [0.05, 0.1) is 22.6 Å². The molecule has 0 fully saturated rings. The van der Waals surface area contributed by atoms with Crippen LogP contribution in [0.4, 0.5) is 17.1 Å². The lowest BCUT2D eigenvalue weighted by molar-refractivity contribution is -0.114. The summed E-state index contributed by atoms with van der Waals surface area (Å²) < 4.78 is 61.3. The molecule has 0 atom stereocenters. The second-order valence-corrected chi connectivity index (χ2v) is 12.5. The summed E-state index contributed by atoms with van der Waals surface area (Å²) in [6.07, 6.45) is 0. The summed E-state index contributed by atoms with van der Waals surface area (Å²) in [6.45, 7) is 3.33. The average Bonchev–Trinajstić information content (AvgIpc) is 2.94. The molecule has 0 unspecified atom stereocenters. The maximum Gasteiger partial charge on any atom is 0.264 e. The molecular formula is C29H29N3O6S2. The summed E-state index contributed by atoms with van der Waals surface area (Å²) in [5.74, 6) is -0.109. The zero-order valence-electron chi connectivity index (χ0n) is 22.2. The van der Waals surface area contributed by atoms with E-state index in [0.717, 1.165) is 15.4 Å². The minimum atomic E-state index is -4.10. The highest BCUT2D eigenvalue weighted by Crippen LogP contribution is 2.25. The van der Waals surface area contributed by atoms with E-state index in [1.807, 2.05) is 19.9 Å². The molecule has 4 rings (SSSR count). The van der Waals surface area contributed by atoms with Gasteiger partial charge in [0, 0.05) is 11.4 Å². The van der Waals surface area contributed by atoms with E-state index in [4.69, 9.17) is 4.74 Å². The first-order chi connectivity index (χ1) is 19.0. The van der Waals surface area contributed by atoms with Crippen molar-refractivity contribution >= 4 is 43.0 Å². The van der Waals surface area contributed by atoms with E-state index in [2.05, 4.69) is 10.0 Å². The molecule has 0 aliphatic rings. The van der Waals surface area contributed by atoms with Gasteiger partial charge in [0.15, 0.2) is 0 Å². The van der Waals surface area contributed by atoms with Crippen LogP contribution in [0.5, 0.6) is 5.75 Å². The molecule has 11 heteroatoms. The molecule has 0 radical (unpaired) electrons. The van der Waals surface area contributed by atoms with Crippen LogP contribution in [0.25, 0.3) is 0 Å². The Bertz CT molecular complexity index is 1710. The number of ether oxygens (including phenoxy) is 1. The van der Waals surface area contributed by atoms with Crippen molar-refractivity contribution in [3.63, 3.8) is 0 Å². The number of aryl methyl sites for hydroxylation is 2. The zero-order valence-corrected chi connectivity index (χ0v) is 23.8. The number of methoxy groups -OCH3 is 1. The molecule has 0 aromatic heterocycles. The number of hydrogen-bond acceptors (Lipinski definition) is 6. The molecule has 0 bridgehead atoms. The number of benzene rings is 4. The third kappa shape index (κ3) is 6.61. The summed E-state index contributed by atoms with van der Waals surface area (Å²) in [6, 6.07) is 25.0. The van der Waals surface area contributed by atoms with Gasteiger partial charge in [-0.2, -0.15) is 0 Å². The molecule has 0 saturated carbocycles. The van der Waals surface area contributed by atoms with E-state index < -0.39 is 32.5 Å². The molecule has 0 heterocycles. The van der Waals surface area contributed by atoms with Crippen LogP contribution in [0.2, 0.25) is 0 Å². The molecule has 0 aliphatic heterocycles. The largest absolute Gasteiger partial charge is 0.497 e. The molecule has 4 aromatic carbocycles. The second-order valence-electron chi connectivity index (χ2n) is 9.00. The number of anilines is 3. The minimum absolute atomic E-state index is 0.00390. The smallest absolute Gasteiger partial charge is 0.264 e. The fourth-order valence-corrected chi connectivity index (χ4v) is 6.32. The first-order valence-electron chi connectivity index (χ1n) is 12.2. The lowest BCUT2D eigenvalue weighted by Crippen LogP contribution is -2.38. The van der Waals surface area contributed by atoms with Crippen LogP contribution < -0.4 is 19.1 Å².